The highest BCUT2D eigenvalue weighted by molar-refractivity contribution is 7.74. The molecule has 0 heterocycles. The van der Waals surface area contributed by atoms with Crippen molar-refractivity contribution in [3.8, 4) is 0 Å². The smallest absolute Gasteiger partial charge is 0.0798 e. The van der Waals surface area contributed by atoms with Crippen molar-refractivity contribution in [1.82, 2.24) is 4.90 Å². The summed E-state index contributed by atoms with van der Waals surface area (Å²) in [5, 5.41) is 0. The largest absolute Gasteiger partial charge is 0.372 e. The first-order valence-corrected chi connectivity index (χ1v) is 8.82. The van der Waals surface area contributed by atoms with Gasteiger partial charge in [-0.2, -0.15) is 0 Å². The van der Waals surface area contributed by atoms with E-state index in [0.29, 0.717) is 0 Å². The topological polar surface area (TPSA) is 6.48 Å². The molecule has 120 valence electrons. The fourth-order valence-corrected chi connectivity index (χ4v) is 3.67. The Morgan fingerprint density at radius 3 is 1.81 bits per heavy atom. The van der Waals surface area contributed by atoms with Crippen LogP contribution in [-0.4, -0.2) is 38.1 Å². The van der Waals surface area contributed by atoms with Crippen LogP contribution in [0.5, 0.6) is 0 Å². The molecule has 2 nitrogen and oxygen atoms in total. The molecule has 0 atom stereocenters. The lowest BCUT2D eigenvalue weighted by Crippen LogP contribution is -2.36. The van der Waals surface area contributed by atoms with Crippen LogP contribution in [0.25, 0.3) is 0 Å². The van der Waals surface area contributed by atoms with Gasteiger partial charge in [0.05, 0.1) is 14.7 Å². The summed E-state index contributed by atoms with van der Waals surface area (Å²) in [7, 11) is 2.14. The lowest BCUT2D eigenvalue weighted by molar-refractivity contribution is 0.281. The lowest BCUT2D eigenvalue weighted by atomic mass is 9.83. The van der Waals surface area contributed by atoms with Crippen molar-refractivity contribution < 1.29 is 0 Å². The molecule has 0 aliphatic rings. The number of hydrogen-bond donors (Lipinski definition) is 0. The Labute approximate surface area is 140 Å². The lowest BCUT2D eigenvalue weighted by Gasteiger charge is -2.33. The van der Waals surface area contributed by atoms with Crippen molar-refractivity contribution in [2.45, 2.75) is 52.9 Å². The van der Waals surface area contributed by atoms with Crippen LogP contribution < -0.4 is 4.90 Å². The zero-order chi connectivity index (χ0) is 16.2. The molecule has 0 amide bonds. The first-order chi connectivity index (χ1) is 9.73. The molecule has 0 radical (unpaired) electrons. The maximum absolute atomic E-state index is 5.48. The minimum absolute atomic E-state index is 0.0789. The molecule has 1 aromatic carbocycles. The Balaban J connectivity index is 2.77. The van der Waals surface area contributed by atoms with Gasteiger partial charge in [0, 0.05) is 25.7 Å². The predicted molar refractivity (Wildman–Crippen MR) is 99.5 cm³/mol. The van der Waals surface area contributed by atoms with E-state index in [-0.39, 0.29) is 5.41 Å². The molecule has 0 spiro atoms. The van der Waals surface area contributed by atoms with E-state index < -0.39 is 0 Å². The summed E-state index contributed by atoms with van der Waals surface area (Å²) >= 11 is 10.9. The Morgan fingerprint density at radius 2 is 1.38 bits per heavy atom. The van der Waals surface area contributed by atoms with Gasteiger partial charge < -0.3 is 9.80 Å². The molecular formula is C17H30N2S2. The molecule has 0 unspecified atom stereocenters. The molecule has 0 saturated heterocycles. The van der Waals surface area contributed by atoms with E-state index in [4.69, 9.17) is 24.4 Å². The molecule has 0 aromatic heterocycles. The van der Waals surface area contributed by atoms with Crippen LogP contribution in [0, 0.1) is 9.02 Å². The quantitative estimate of drug-likeness (QED) is 0.628. The molecule has 1 aromatic rings. The van der Waals surface area contributed by atoms with Crippen LogP contribution in [0.4, 0.5) is 5.69 Å². The third kappa shape index (κ3) is 4.57. The van der Waals surface area contributed by atoms with Gasteiger partial charge in [0.15, 0.2) is 0 Å². The fraction of sp³-hybridized carbons (Fsp3) is 0.765. The number of hydrogen-bond acceptors (Lipinski definition) is 4. The van der Waals surface area contributed by atoms with E-state index in [2.05, 4.69) is 51.5 Å². The minimum atomic E-state index is 0.0789. The molecule has 0 aliphatic heterocycles. The van der Waals surface area contributed by atoms with Gasteiger partial charge in [-0.3, -0.25) is 0 Å². The Kier molecular flexibility index (Phi) is 6.95. The average Bonchev–Trinajstić information content (AvgIpc) is 2.39. The van der Waals surface area contributed by atoms with E-state index in [9.17, 15) is 0 Å². The Bertz CT molecular complexity index is 515. The van der Waals surface area contributed by atoms with E-state index in [1.165, 1.54) is 37.2 Å². The van der Waals surface area contributed by atoms with E-state index in [1.54, 1.807) is 0 Å². The third-order valence-corrected chi connectivity index (χ3v) is 4.78. The van der Waals surface area contributed by atoms with Crippen LogP contribution >= 0.6 is 24.4 Å². The van der Waals surface area contributed by atoms with Gasteiger partial charge in [0.25, 0.3) is 0 Å². The number of rotatable bonds is 8. The summed E-state index contributed by atoms with van der Waals surface area (Å²) in [6.45, 7) is 15.6. The second-order valence-electron chi connectivity index (χ2n) is 6.90. The molecule has 0 bridgehead atoms. The van der Waals surface area contributed by atoms with Gasteiger partial charge in [-0.25, -0.2) is 0 Å². The van der Waals surface area contributed by atoms with E-state index in [0.717, 1.165) is 22.1 Å². The van der Waals surface area contributed by atoms with Crippen molar-refractivity contribution >= 4 is 30.1 Å². The minimum Gasteiger partial charge on any atom is -0.372 e. The van der Waals surface area contributed by atoms with E-state index in [1.807, 2.05) is 0 Å². The highest BCUT2D eigenvalue weighted by Crippen LogP contribution is 2.38. The van der Waals surface area contributed by atoms with E-state index >= 15 is 0 Å². The van der Waals surface area contributed by atoms with Crippen molar-refractivity contribution in [1.29, 1.82) is 0 Å². The van der Waals surface area contributed by atoms with Crippen LogP contribution in [-0.2, 0) is 5.41 Å². The van der Waals surface area contributed by atoms with Gasteiger partial charge in [-0.1, -0.05) is 59.1 Å². The van der Waals surface area contributed by atoms with Gasteiger partial charge in [-0.15, -0.1) is 0 Å². The molecule has 0 aliphatic carbocycles. The maximum atomic E-state index is 5.48. The van der Waals surface area contributed by atoms with Gasteiger partial charge in [-0.05, 0) is 31.3 Å². The summed E-state index contributed by atoms with van der Waals surface area (Å²) in [5.41, 5.74) is 2.55. The monoisotopic (exact) mass is 326 g/mol. The van der Waals surface area contributed by atoms with Crippen LogP contribution in [0.1, 0.15) is 53.0 Å². The number of nitrogens with zero attached hydrogens (tertiary/aromatic N) is 2. The zero-order valence-corrected chi connectivity index (χ0v) is 16.1. The first kappa shape index (κ1) is 18.7. The third-order valence-electron chi connectivity index (χ3n) is 3.85. The SMILES string of the molecule is CCCN(CCC)CCN(C)c1c(C(C)(C)C)c(=S)c1=S. The van der Waals surface area contributed by atoms with Crippen molar-refractivity contribution in [3.63, 3.8) is 0 Å². The van der Waals surface area contributed by atoms with Crippen molar-refractivity contribution in [3.05, 3.63) is 14.6 Å². The fourth-order valence-electron chi connectivity index (χ4n) is 2.81. The average molecular weight is 327 g/mol. The first-order valence-electron chi connectivity index (χ1n) is 8.01. The molecule has 0 saturated carbocycles. The van der Waals surface area contributed by atoms with Crippen LogP contribution in [0.15, 0.2) is 0 Å². The van der Waals surface area contributed by atoms with Crippen molar-refractivity contribution in [2.75, 3.05) is 38.1 Å². The predicted octanol–water partition coefficient (Wildman–Crippen LogP) is 4.88. The second kappa shape index (κ2) is 7.80. The highest BCUT2D eigenvalue weighted by Gasteiger charge is 2.27. The highest BCUT2D eigenvalue weighted by atomic mass is 32.1. The Morgan fingerprint density at radius 1 is 0.857 bits per heavy atom. The van der Waals surface area contributed by atoms with Crippen LogP contribution in [0.2, 0.25) is 0 Å². The summed E-state index contributed by atoms with van der Waals surface area (Å²) in [6.07, 6.45) is 2.42. The summed E-state index contributed by atoms with van der Waals surface area (Å²) in [6, 6.07) is 0. The maximum Gasteiger partial charge on any atom is 0.0798 e. The molecule has 4 heteroatoms. The van der Waals surface area contributed by atoms with Gasteiger partial charge in [0.2, 0.25) is 0 Å². The number of likely N-dealkylation sites (N-methyl/N-ethyl adjacent to an activating group) is 1. The molecule has 0 fully saturated rings. The normalized spacial score (nSPS) is 12.3. The van der Waals surface area contributed by atoms with Gasteiger partial charge in [0.1, 0.15) is 0 Å². The number of anilines is 1. The zero-order valence-electron chi connectivity index (χ0n) is 14.5. The summed E-state index contributed by atoms with van der Waals surface area (Å²) in [4.78, 5) is 4.84. The Hall–Kier alpha value is -0.320. The van der Waals surface area contributed by atoms with Crippen molar-refractivity contribution in [2.24, 2.45) is 0 Å². The van der Waals surface area contributed by atoms with Gasteiger partial charge >= 0.3 is 0 Å². The molecule has 1 rings (SSSR count). The standard InChI is InChI=1S/C17H30N2S2/c1-7-9-19(10-8-2)12-11-18(6)14-13(17(3,4)5)15(20)16(14)21/h7-12H2,1-6H3. The molecule has 21 heavy (non-hydrogen) atoms. The second-order valence-corrected chi connectivity index (χ2v) is 7.71. The van der Waals surface area contributed by atoms with Crippen LogP contribution in [0.3, 0.4) is 0 Å². The summed E-state index contributed by atoms with van der Waals surface area (Å²) in [5.74, 6) is 0. The summed E-state index contributed by atoms with van der Waals surface area (Å²) < 4.78 is 1.79. The molecule has 0 N–H and O–H groups in total. The molecular weight excluding hydrogens is 296 g/mol.